The van der Waals surface area contributed by atoms with Crippen LogP contribution in [0, 0.1) is 12.1 Å². The molecular formula is C30H30N2OPt. The minimum atomic E-state index is -0.0488. The molecule has 0 radical (unpaired) electrons. The Hall–Kier alpha value is -2.77. The van der Waals surface area contributed by atoms with Gasteiger partial charge in [-0.25, -0.2) is 0 Å². The van der Waals surface area contributed by atoms with Crippen LogP contribution in [-0.2, 0) is 31.9 Å². The average molecular weight is 630 g/mol. The summed E-state index contributed by atoms with van der Waals surface area (Å²) >= 11 is 0. The van der Waals surface area contributed by atoms with E-state index < -0.39 is 0 Å². The van der Waals surface area contributed by atoms with Crippen molar-refractivity contribution >= 4 is 0 Å². The molecule has 0 saturated carbocycles. The molecule has 0 saturated heterocycles. The summed E-state index contributed by atoms with van der Waals surface area (Å²) in [7, 11) is 0. The summed E-state index contributed by atoms with van der Waals surface area (Å²) in [5, 5.41) is 0. The minimum Gasteiger partial charge on any atom is -0.497 e. The first-order chi connectivity index (χ1) is 15.6. The van der Waals surface area contributed by atoms with Gasteiger partial charge >= 0.3 is 21.1 Å². The Bertz CT molecular complexity index is 1140. The molecule has 4 rings (SSSR count). The van der Waals surface area contributed by atoms with Crippen LogP contribution in [-0.4, -0.2) is 9.97 Å². The first-order valence-corrected chi connectivity index (χ1v) is 11.3. The maximum atomic E-state index is 6.41. The molecule has 0 N–H and O–H groups in total. The van der Waals surface area contributed by atoms with Gasteiger partial charge < -0.3 is 14.7 Å². The predicted octanol–water partition coefficient (Wildman–Crippen LogP) is 7.80. The summed E-state index contributed by atoms with van der Waals surface area (Å²) in [5.74, 6) is 1.30. The van der Waals surface area contributed by atoms with Crippen molar-refractivity contribution < 1.29 is 25.8 Å². The zero-order valence-electron chi connectivity index (χ0n) is 20.5. The van der Waals surface area contributed by atoms with Crippen LogP contribution < -0.4 is 4.74 Å². The van der Waals surface area contributed by atoms with Crippen LogP contribution in [0.3, 0.4) is 0 Å². The molecule has 34 heavy (non-hydrogen) atoms. The van der Waals surface area contributed by atoms with Crippen molar-refractivity contribution in [2.24, 2.45) is 0 Å². The van der Waals surface area contributed by atoms with Crippen molar-refractivity contribution in [3.05, 3.63) is 96.3 Å². The monoisotopic (exact) mass is 629 g/mol. The Morgan fingerprint density at radius 3 is 1.35 bits per heavy atom. The summed E-state index contributed by atoms with van der Waals surface area (Å²) in [6.45, 7) is 13.2. The SMILES string of the molecule is CC(C)(C)c1cc(Oc2[c-]c(-c3ccccn3)cc(C(C)(C)C)c2)[c-]c(-c2ccccn2)c1.[Pt+2]. The Balaban J connectivity index is 0.00000324. The van der Waals surface area contributed by atoms with Crippen molar-refractivity contribution in [1.29, 1.82) is 0 Å². The van der Waals surface area contributed by atoms with Crippen molar-refractivity contribution in [3.8, 4) is 34.0 Å². The van der Waals surface area contributed by atoms with E-state index in [2.05, 4.69) is 87.9 Å². The Morgan fingerprint density at radius 1 is 0.618 bits per heavy atom. The van der Waals surface area contributed by atoms with Gasteiger partial charge in [0.25, 0.3) is 0 Å². The maximum absolute atomic E-state index is 6.41. The van der Waals surface area contributed by atoms with Crippen LogP contribution in [0.15, 0.2) is 73.1 Å². The molecule has 4 aromatic rings. The summed E-state index contributed by atoms with van der Waals surface area (Å²) in [6.07, 6.45) is 3.60. The molecule has 0 unspecified atom stereocenters. The van der Waals surface area contributed by atoms with E-state index in [0.717, 1.165) is 33.6 Å². The van der Waals surface area contributed by atoms with Crippen molar-refractivity contribution in [3.63, 3.8) is 0 Å². The van der Waals surface area contributed by atoms with Crippen LogP contribution in [0.4, 0.5) is 0 Å². The van der Waals surface area contributed by atoms with E-state index in [-0.39, 0.29) is 31.9 Å². The number of hydrogen-bond donors (Lipinski definition) is 0. The topological polar surface area (TPSA) is 35.0 Å². The fourth-order valence-corrected chi connectivity index (χ4v) is 3.50. The quantitative estimate of drug-likeness (QED) is 0.216. The molecule has 0 aliphatic rings. The first kappa shape index (κ1) is 25.8. The van der Waals surface area contributed by atoms with Gasteiger partial charge in [-0.15, -0.1) is 34.4 Å². The second kappa shape index (κ2) is 10.2. The van der Waals surface area contributed by atoms with E-state index >= 15 is 0 Å². The van der Waals surface area contributed by atoms with E-state index in [1.807, 2.05) is 36.4 Å². The zero-order valence-corrected chi connectivity index (χ0v) is 22.8. The number of ether oxygens (including phenoxy) is 1. The molecule has 0 aliphatic heterocycles. The second-order valence-corrected chi connectivity index (χ2v) is 10.3. The Labute approximate surface area is 217 Å². The van der Waals surface area contributed by atoms with E-state index in [1.54, 1.807) is 12.4 Å². The third kappa shape index (κ3) is 6.21. The molecule has 2 aromatic carbocycles. The van der Waals surface area contributed by atoms with E-state index in [0.29, 0.717) is 11.5 Å². The predicted molar refractivity (Wildman–Crippen MR) is 134 cm³/mol. The summed E-state index contributed by atoms with van der Waals surface area (Å²) in [4.78, 5) is 9.04. The van der Waals surface area contributed by atoms with Gasteiger partial charge in [-0.1, -0.05) is 90.1 Å². The van der Waals surface area contributed by atoms with Gasteiger partial charge in [-0.3, -0.25) is 0 Å². The number of hydrogen-bond acceptors (Lipinski definition) is 3. The maximum Gasteiger partial charge on any atom is 2.00 e. The third-order valence-electron chi connectivity index (χ3n) is 5.52. The fourth-order valence-electron chi connectivity index (χ4n) is 3.50. The number of pyridine rings is 2. The van der Waals surface area contributed by atoms with Crippen LogP contribution >= 0.6 is 0 Å². The first-order valence-electron chi connectivity index (χ1n) is 11.3. The molecular weight excluding hydrogens is 599 g/mol. The largest absolute Gasteiger partial charge is 2.00 e. The minimum absolute atomic E-state index is 0. The number of nitrogens with zero attached hydrogens (tertiary/aromatic N) is 2. The number of aromatic nitrogens is 2. The van der Waals surface area contributed by atoms with Crippen LogP contribution in [0.1, 0.15) is 52.7 Å². The van der Waals surface area contributed by atoms with E-state index in [4.69, 9.17) is 4.74 Å². The number of benzene rings is 2. The smallest absolute Gasteiger partial charge is 0.497 e. The Morgan fingerprint density at radius 2 is 1.03 bits per heavy atom. The average Bonchev–Trinajstić information content (AvgIpc) is 2.79. The summed E-state index contributed by atoms with van der Waals surface area (Å²) in [5.41, 5.74) is 5.79. The molecule has 0 bridgehead atoms. The molecule has 0 atom stereocenters. The molecule has 0 spiro atoms. The normalized spacial score (nSPS) is 11.6. The van der Waals surface area contributed by atoms with Crippen molar-refractivity contribution in [2.45, 2.75) is 52.4 Å². The summed E-state index contributed by atoms with van der Waals surface area (Å²) in [6, 6.07) is 27.0. The Kier molecular flexibility index (Phi) is 7.78. The molecule has 4 heteroatoms. The van der Waals surface area contributed by atoms with E-state index in [1.165, 1.54) is 0 Å². The molecule has 176 valence electrons. The van der Waals surface area contributed by atoms with Crippen LogP contribution in [0.25, 0.3) is 22.5 Å². The van der Waals surface area contributed by atoms with Crippen molar-refractivity contribution in [2.75, 3.05) is 0 Å². The molecule has 0 amide bonds. The molecule has 0 fully saturated rings. The van der Waals surface area contributed by atoms with Gasteiger partial charge in [0.1, 0.15) is 0 Å². The van der Waals surface area contributed by atoms with E-state index in [9.17, 15) is 0 Å². The molecule has 0 aliphatic carbocycles. The van der Waals surface area contributed by atoms with Gasteiger partial charge in [0.2, 0.25) is 0 Å². The van der Waals surface area contributed by atoms with Crippen LogP contribution in [0.5, 0.6) is 11.5 Å². The van der Waals surface area contributed by atoms with Gasteiger partial charge in [-0.05, 0) is 34.4 Å². The molecule has 2 heterocycles. The molecule has 3 nitrogen and oxygen atoms in total. The second-order valence-electron chi connectivity index (χ2n) is 10.3. The molecule has 2 aromatic heterocycles. The summed E-state index contributed by atoms with van der Waals surface area (Å²) < 4.78 is 6.41. The standard InChI is InChI=1S/C30H30N2O.Pt/c1-29(2,3)23-15-21(27-11-7-9-13-31-27)17-25(19-23)33-26-18-22(28-12-8-10-14-32-28)16-24(20-26)30(4,5)6;/h7-16,19-20H,1-6H3;/q-2;+2. The van der Waals surface area contributed by atoms with Gasteiger partial charge in [0, 0.05) is 23.9 Å². The van der Waals surface area contributed by atoms with Gasteiger partial charge in [-0.2, -0.15) is 0 Å². The number of rotatable bonds is 4. The zero-order chi connectivity index (χ0) is 23.6. The van der Waals surface area contributed by atoms with Gasteiger partial charge in [0.05, 0.1) is 0 Å². The van der Waals surface area contributed by atoms with Gasteiger partial charge in [0.15, 0.2) is 0 Å². The van der Waals surface area contributed by atoms with Crippen LogP contribution in [0.2, 0.25) is 0 Å². The third-order valence-corrected chi connectivity index (χ3v) is 5.52. The fraction of sp³-hybridized carbons (Fsp3) is 0.267. The van der Waals surface area contributed by atoms with Crippen molar-refractivity contribution in [1.82, 2.24) is 9.97 Å².